The molecular weight excluding hydrogens is 358 g/mol. The van der Waals surface area contributed by atoms with Crippen molar-refractivity contribution in [3.05, 3.63) is 90.0 Å². The first-order valence-electron chi connectivity index (χ1n) is 9.67. The Kier molecular flexibility index (Phi) is 4.21. The Bertz CT molecular complexity index is 1290. The Morgan fingerprint density at radius 2 is 1.59 bits per heavy atom. The number of nitrogens with zero attached hydrogens (tertiary/aromatic N) is 5. The van der Waals surface area contributed by atoms with Gasteiger partial charge in [-0.2, -0.15) is 0 Å². The third-order valence-corrected chi connectivity index (χ3v) is 5.11. The van der Waals surface area contributed by atoms with Crippen molar-refractivity contribution in [1.82, 2.24) is 19.6 Å². The number of hydrogen-bond donors (Lipinski definition) is 0. The van der Waals surface area contributed by atoms with Crippen LogP contribution in [0.5, 0.6) is 0 Å². The smallest absolute Gasteiger partial charge is 0.213 e. The van der Waals surface area contributed by atoms with Crippen LogP contribution in [0, 0.1) is 6.92 Å². The summed E-state index contributed by atoms with van der Waals surface area (Å²) in [6.45, 7) is 2.83. The van der Waals surface area contributed by atoms with Gasteiger partial charge in [-0.15, -0.1) is 10.2 Å². The van der Waals surface area contributed by atoms with Crippen LogP contribution in [-0.2, 0) is 6.54 Å². The van der Waals surface area contributed by atoms with Gasteiger partial charge in [0.25, 0.3) is 0 Å². The maximum atomic E-state index is 5.01. The van der Waals surface area contributed by atoms with E-state index in [2.05, 4.69) is 88.1 Å². The summed E-state index contributed by atoms with van der Waals surface area (Å²) in [5.41, 5.74) is 5.17. The summed E-state index contributed by atoms with van der Waals surface area (Å²) in [6.07, 6.45) is 0. The van der Waals surface area contributed by atoms with E-state index in [1.54, 1.807) is 0 Å². The maximum absolute atomic E-state index is 5.01. The molecule has 0 aliphatic carbocycles. The molecule has 0 atom stereocenters. The van der Waals surface area contributed by atoms with Gasteiger partial charge < -0.3 is 4.90 Å². The molecule has 0 amide bonds. The second kappa shape index (κ2) is 7.02. The lowest BCUT2D eigenvalue weighted by molar-refractivity contribution is 0.857. The van der Waals surface area contributed by atoms with Crippen LogP contribution in [0.3, 0.4) is 0 Å². The molecular formula is C24H21N5. The van der Waals surface area contributed by atoms with Crippen LogP contribution in [0.25, 0.3) is 27.9 Å². The predicted molar refractivity (Wildman–Crippen MR) is 117 cm³/mol. The summed E-state index contributed by atoms with van der Waals surface area (Å²) in [6, 6.07) is 26.8. The lowest BCUT2D eigenvalue weighted by atomic mass is 10.1. The van der Waals surface area contributed by atoms with E-state index in [9.17, 15) is 0 Å². The molecule has 0 N–H and O–H groups in total. The molecule has 5 heteroatoms. The largest absolute Gasteiger partial charge is 0.341 e. The summed E-state index contributed by atoms with van der Waals surface area (Å²) in [5, 5.41) is 10.1. The van der Waals surface area contributed by atoms with Gasteiger partial charge in [0.15, 0.2) is 11.5 Å². The van der Waals surface area contributed by atoms with E-state index in [1.807, 2.05) is 24.3 Å². The highest BCUT2D eigenvalue weighted by Crippen LogP contribution is 2.29. The van der Waals surface area contributed by atoms with E-state index < -0.39 is 0 Å². The monoisotopic (exact) mass is 379 g/mol. The highest BCUT2D eigenvalue weighted by molar-refractivity contribution is 5.93. The van der Waals surface area contributed by atoms with E-state index in [4.69, 9.17) is 4.98 Å². The van der Waals surface area contributed by atoms with Gasteiger partial charge in [0.2, 0.25) is 5.95 Å². The molecule has 0 aliphatic rings. The summed E-state index contributed by atoms with van der Waals surface area (Å²) >= 11 is 0. The van der Waals surface area contributed by atoms with E-state index in [1.165, 1.54) is 11.1 Å². The second-order valence-corrected chi connectivity index (χ2v) is 7.32. The van der Waals surface area contributed by atoms with Crippen LogP contribution >= 0.6 is 0 Å². The molecule has 0 unspecified atom stereocenters. The molecule has 5 nitrogen and oxygen atoms in total. The van der Waals surface area contributed by atoms with Crippen molar-refractivity contribution in [2.75, 3.05) is 11.9 Å². The van der Waals surface area contributed by atoms with Gasteiger partial charge >= 0.3 is 0 Å². The van der Waals surface area contributed by atoms with Crippen LogP contribution < -0.4 is 4.90 Å². The Labute approximate surface area is 169 Å². The average Bonchev–Trinajstić information content (AvgIpc) is 3.20. The number of hydrogen-bond acceptors (Lipinski definition) is 4. The van der Waals surface area contributed by atoms with Crippen LogP contribution in [0.2, 0.25) is 0 Å². The zero-order valence-electron chi connectivity index (χ0n) is 16.4. The fraction of sp³-hybridized carbons (Fsp3) is 0.125. The van der Waals surface area contributed by atoms with Crippen molar-refractivity contribution in [3.63, 3.8) is 0 Å². The molecule has 0 bridgehead atoms. The molecule has 0 radical (unpaired) electrons. The van der Waals surface area contributed by atoms with E-state index in [-0.39, 0.29) is 0 Å². The fourth-order valence-electron chi connectivity index (χ4n) is 3.69. The van der Waals surface area contributed by atoms with Gasteiger partial charge in [-0.3, -0.25) is 0 Å². The third-order valence-electron chi connectivity index (χ3n) is 5.11. The van der Waals surface area contributed by atoms with Crippen molar-refractivity contribution in [2.24, 2.45) is 0 Å². The number of anilines is 1. The molecule has 0 saturated carbocycles. The van der Waals surface area contributed by atoms with Gasteiger partial charge in [-0.05, 0) is 24.6 Å². The zero-order valence-corrected chi connectivity index (χ0v) is 16.4. The fourth-order valence-corrected chi connectivity index (χ4v) is 3.69. The van der Waals surface area contributed by atoms with Crippen molar-refractivity contribution < 1.29 is 0 Å². The summed E-state index contributed by atoms with van der Waals surface area (Å²) in [7, 11) is 2.06. The van der Waals surface area contributed by atoms with Gasteiger partial charge in [0, 0.05) is 24.5 Å². The number of benzene rings is 3. The van der Waals surface area contributed by atoms with Crippen LogP contribution in [0.1, 0.15) is 11.1 Å². The van der Waals surface area contributed by atoms with Crippen LogP contribution in [0.15, 0.2) is 78.9 Å². The first kappa shape index (κ1) is 17.4. The van der Waals surface area contributed by atoms with Gasteiger partial charge in [-0.25, -0.2) is 9.38 Å². The van der Waals surface area contributed by atoms with Crippen LogP contribution in [-0.4, -0.2) is 26.6 Å². The first-order valence-corrected chi connectivity index (χ1v) is 9.67. The van der Waals surface area contributed by atoms with Crippen LogP contribution in [0.4, 0.5) is 5.95 Å². The summed E-state index contributed by atoms with van der Waals surface area (Å²) in [4.78, 5) is 7.16. The van der Waals surface area contributed by atoms with Crippen molar-refractivity contribution in [3.8, 4) is 11.4 Å². The Hall–Kier alpha value is -3.73. The Morgan fingerprint density at radius 3 is 2.34 bits per heavy atom. The number of fused-ring (bicyclic) bond motifs is 3. The molecule has 0 fully saturated rings. The van der Waals surface area contributed by atoms with E-state index >= 15 is 0 Å². The summed E-state index contributed by atoms with van der Waals surface area (Å²) < 4.78 is 2.07. The summed E-state index contributed by atoms with van der Waals surface area (Å²) in [5.74, 6) is 1.62. The second-order valence-electron chi connectivity index (χ2n) is 7.32. The van der Waals surface area contributed by atoms with Crippen molar-refractivity contribution >= 4 is 22.5 Å². The Balaban J connectivity index is 1.76. The van der Waals surface area contributed by atoms with E-state index in [0.717, 1.165) is 40.4 Å². The van der Waals surface area contributed by atoms with E-state index in [0.29, 0.717) is 0 Å². The quantitative estimate of drug-likeness (QED) is 0.446. The maximum Gasteiger partial charge on any atom is 0.213 e. The molecule has 0 saturated heterocycles. The Morgan fingerprint density at radius 1 is 0.862 bits per heavy atom. The van der Waals surface area contributed by atoms with Gasteiger partial charge in [-0.1, -0.05) is 72.3 Å². The normalized spacial score (nSPS) is 11.2. The zero-order chi connectivity index (χ0) is 19.8. The molecule has 5 rings (SSSR count). The molecule has 2 heterocycles. The minimum atomic E-state index is 0.743. The molecule has 2 aromatic heterocycles. The number of aryl methyl sites for hydroxylation is 1. The molecule has 3 aromatic carbocycles. The van der Waals surface area contributed by atoms with Crippen molar-refractivity contribution in [1.29, 1.82) is 0 Å². The average molecular weight is 379 g/mol. The third kappa shape index (κ3) is 3.10. The lowest BCUT2D eigenvalue weighted by Crippen LogP contribution is -2.21. The highest BCUT2D eigenvalue weighted by Gasteiger charge is 2.19. The molecule has 5 aromatic rings. The molecule has 29 heavy (non-hydrogen) atoms. The standard InChI is InChI=1S/C24H21N5/c1-17-13-14-21-20(15-17)23-27-26-22(19-11-7-4-8-12-19)29(23)24(25-21)28(2)16-18-9-5-3-6-10-18/h3-15H,16H2,1-2H3. The molecule has 0 spiro atoms. The van der Waals surface area contributed by atoms with Gasteiger partial charge in [0.05, 0.1) is 5.52 Å². The topological polar surface area (TPSA) is 46.3 Å². The predicted octanol–water partition coefficient (Wildman–Crippen LogP) is 4.89. The molecule has 0 aliphatic heterocycles. The number of aromatic nitrogens is 4. The molecule has 142 valence electrons. The minimum absolute atomic E-state index is 0.743. The first-order chi connectivity index (χ1) is 14.2. The minimum Gasteiger partial charge on any atom is -0.341 e. The van der Waals surface area contributed by atoms with Crippen molar-refractivity contribution in [2.45, 2.75) is 13.5 Å². The number of rotatable bonds is 4. The van der Waals surface area contributed by atoms with Gasteiger partial charge in [0.1, 0.15) is 0 Å². The highest BCUT2D eigenvalue weighted by atomic mass is 15.3. The SMILES string of the molecule is Cc1ccc2nc(N(C)Cc3ccccc3)n3c(-c4ccccc4)nnc3c2c1. The lowest BCUT2D eigenvalue weighted by Gasteiger charge is -2.21.